The van der Waals surface area contributed by atoms with Crippen LogP contribution in [0, 0.1) is 0 Å². The highest BCUT2D eigenvalue weighted by atomic mass is 32.1. The van der Waals surface area contributed by atoms with Gasteiger partial charge in [-0.15, -0.1) is 11.3 Å². The minimum absolute atomic E-state index is 0.0312. The summed E-state index contributed by atoms with van der Waals surface area (Å²) in [7, 11) is 0. The first kappa shape index (κ1) is 18.9. The molecule has 0 aliphatic rings. The number of aromatic nitrogens is 1. The fourth-order valence-electron chi connectivity index (χ4n) is 2.24. The van der Waals surface area contributed by atoms with E-state index >= 15 is 0 Å². The number of nitrogens with zero attached hydrogens (tertiary/aromatic N) is 1. The lowest BCUT2D eigenvalue weighted by atomic mass is 10.0. The molecule has 0 saturated heterocycles. The maximum atomic E-state index is 11.2. The van der Waals surface area contributed by atoms with Crippen molar-refractivity contribution in [2.24, 2.45) is 5.84 Å². The standard InChI is InChI=1S/C17H23N5O2S/c1-12(23)19-8-9-20-17-21-15(11-25-17)7-6-13-2-4-14(5-3-13)10-16(24)22-18/h2-5,11H,6-10,18H2,1H3,(H,19,23)(H,20,21)(H,22,24). The van der Waals surface area contributed by atoms with Crippen LogP contribution >= 0.6 is 11.3 Å². The third kappa shape index (κ3) is 6.90. The molecule has 1 aromatic carbocycles. The first-order valence-corrected chi connectivity index (χ1v) is 8.94. The molecular formula is C17H23N5O2S. The third-order valence-electron chi connectivity index (χ3n) is 3.55. The number of amides is 2. The quantitative estimate of drug-likeness (QED) is 0.231. The summed E-state index contributed by atoms with van der Waals surface area (Å²) in [5.74, 6) is 4.85. The number of nitrogens with one attached hydrogen (secondary N) is 3. The maximum Gasteiger partial charge on any atom is 0.238 e. The molecule has 0 aliphatic carbocycles. The van der Waals surface area contributed by atoms with Crippen molar-refractivity contribution in [1.29, 1.82) is 0 Å². The number of anilines is 1. The summed E-state index contributed by atoms with van der Waals surface area (Å²) >= 11 is 1.56. The van der Waals surface area contributed by atoms with Gasteiger partial charge in [0.25, 0.3) is 0 Å². The van der Waals surface area contributed by atoms with E-state index in [9.17, 15) is 9.59 Å². The largest absolute Gasteiger partial charge is 0.360 e. The number of rotatable bonds is 9. The van der Waals surface area contributed by atoms with E-state index in [0.29, 0.717) is 13.1 Å². The van der Waals surface area contributed by atoms with Crippen LogP contribution in [0.25, 0.3) is 0 Å². The van der Waals surface area contributed by atoms with Crippen LogP contribution in [-0.4, -0.2) is 29.9 Å². The van der Waals surface area contributed by atoms with E-state index in [1.165, 1.54) is 12.5 Å². The minimum atomic E-state index is -0.200. The zero-order valence-corrected chi connectivity index (χ0v) is 15.0. The van der Waals surface area contributed by atoms with Crippen LogP contribution in [0.15, 0.2) is 29.6 Å². The van der Waals surface area contributed by atoms with E-state index in [4.69, 9.17) is 5.84 Å². The molecular weight excluding hydrogens is 338 g/mol. The van der Waals surface area contributed by atoms with Crippen LogP contribution < -0.4 is 21.9 Å². The molecule has 1 aromatic heterocycles. The summed E-state index contributed by atoms with van der Waals surface area (Å²) in [6.45, 7) is 2.74. The predicted molar refractivity (Wildman–Crippen MR) is 99.2 cm³/mol. The van der Waals surface area contributed by atoms with E-state index < -0.39 is 0 Å². The van der Waals surface area contributed by atoms with Crippen molar-refractivity contribution >= 4 is 28.3 Å². The Morgan fingerprint density at radius 2 is 1.84 bits per heavy atom. The highest BCUT2D eigenvalue weighted by molar-refractivity contribution is 7.13. The molecule has 7 nitrogen and oxygen atoms in total. The number of carbonyl (C=O) groups is 2. The van der Waals surface area contributed by atoms with Gasteiger partial charge in [0.2, 0.25) is 11.8 Å². The summed E-state index contributed by atoms with van der Waals surface area (Å²) < 4.78 is 0. The summed E-state index contributed by atoms with van der Waals surface area (Å²) in [6, 6.07) is 7.94. The van der Waals surface area contributed by atoms with Crippen LogP contribution in [0.1, 0.15) is 23.7 Å². The SMILES string of the molecule is CC(=O)NCCNc1nc(CCc2ccc(CC(=O)NN)cc2)cs1. The van der Waals surface area contributed by atoms with E-state index in [1.807, 2.05) is 29.6 Å². The molecule has 2 rings (SSSR count). The molecule has 0 bridgehead atoms. The van der Waals surface area contributed by atoms with Crippen molar-refractivity contribution in [3.05, 3.63) is 46.5 Å². The molecule has 8 heteroatoms. The monoisotopic (exact) mass is 361 g/mol. The smallest absolute Gasteiger partial charge is 0.238 e. The lowest BCUT2D eigenvalue weighted by molar-refractivity contribution is -0.120. The first-order chi connectivity index (χ1) is 12.1. The van der Waals surface area contributed by atoms with Crippen LogP contribution in [0.2, 0.25) is 0 Å². The number of thiazole rings is 1. The van der Waals surface area contributed by atoms with Gasteiger partial charge in [-0.25, -0.2) is 10.8 Å². The van der Waals surface area contributed by atoms with Gasteiger partial charge in [-0.3, -0.25) is 15.0 Å². The van der Waals surface area contributed by atoms with Crippen LogP contribution in [0.4, 0.5) is 5.13 Å². The zero-order chi connectivity index (χ0) is 18.1. The first-order valence-electron chi connectivity index (χ1n) is 8.07. The second-order valence-electron chi connectivity index (χ2n) is 5.61. The van der Waals surface area contributed by atoms with Crippen LogP contribution in [0.5, 0.6) is 0 Å². The molecule has 0 saturated carbocycles. The Hall–Kier alpha value is -2.45. The van der Waals surface area contributed by atoms with E-state index in [1.54, 1.807) is 11.3 Å². The fraction of sp³-hybridized carbons (Fsp3) is 0.353. The van der Waals surface area contributed by atoms with Gasteiger partial charge in [0.15, 0.2) is 5.13 Å². The van der Waals surface area contributed by atoms with Gasteiger partial charge in [0.1, 0.15) is 0 Å². The second kappa shape index (κ2) is 9.75. The van der Waals surface area contributed by atoms with Gasteiger partial charge in [-0.1, -0.05) is 24.3 Å². The van der Waals surface area contributed by atoms with Gasteiger partial charge in [-0.05, 0) is 24.0 Å². The van der Waals surface area contributed by atoms with Crippen molar-refractivity contribution in [2.75, 3.05) is 18.4 Å². The van der Waals surface area contributed by atoms with Crippen molar-refractivity contribution in [1.82, 2.24) is 15.7 Å². The Balaban J connectivity index is 1.75. The average molecular weight is 361 g/mol. The Labute approximate surface area is 151 Å². The van der Waals surface area contributed by atoms with Gasteiger partial charge in [0, 0.05) is 25.4 Å². The summed E-state index contributed by atoms with van der Waals surface area (Å²) in [6.07, 6.45) is 2.03. The predicted octanol–water partition coefficient (Wildman–Crippen LogP) is 1.01. The molecule has 1 heterocycles. The number of benzene rings is 1. The lowest BCUT2D eigenvalue weighted by Gasteiger charge is -2.04. The lowest BCUT2D eigenvalue weighted by Crippen LogP contribution is -2.31. The Morgan fingerprint density at radius 3 is 2.52 bits per heavy atom. The summed E-state index contributed by atoms with van der Waals surface area (Å²) in [4.78, 5) is 26.6. The van der Waals surface area contributed by atoms with Crippen LogP contribution in [-0.2, 0) is 28.9 Å². The Kier molecular flexibility index (Phi) is 7.36. The Bertz CT molecular complexity index is 699. The van der Waals surface area contributed by atoms with E-state index in [0.717, 1.165) is 29.2 Å². The van der Waals surface area contributed by atoms with Crippen molar-refractivity contribution in [2.45, 2.75) is 26.2 Å². The van der Waals surface area contributed by atoms with Gasteiger partial charge in [-0.2, -0.15) is 0 Å². The number of nitrogens with two attached hydrogens (primary N) is 1. The highest BCUT2D eigenvalue weighted by Gasteiger charge is 2.04. The summed E-state index contributed by atoms with van der Waals surface area (Å²) in [5.41, 5.74) is 5.30. The Morgan fingerprint density at radius 1 is 1.12 bits per heavy atom. The molecule has 5 N–H and O–H groups in total. The molecule has 25 heavy (non-hydrogen) atoms. The molecule has 0 spiro atoms. The number of hydrogen-bond donors (Lipinski definition) is 4. The topological polar surface area (TPSA) is 109 Å². The number of hydrazine groups is 1. The average Bonchev–Trinajstić information content (AvgIpc) is 3.05. The van der Waals surface area contributed by atoms with Crippen molar-refractivity contribution < 1.29 is 9.59 Å². The van der Waals surface area contributed by atoms with Crippen molar-refractivity contribution in [3.8, 4) is 0 Å². The van der Waals surface area contributed by atoms with Gasteiger partial charge < -0.3 is 10.6 Å². The van der Waals surface area contributed by atoms with Gasteiger partial charge >= 0.3 is 0 Å². The molecule has 0 unspecified atom stereocenters. The molecule has 2 amide bonds. The number of carbonyl (C=O) groups excluding carboxylic acids is 2. The molecule has 134 valence electrons. The maximum absolute atomic E-state index is 11.2. The summed E-state index contributed by atoms with van der Waals surface area (Å²) in [5, 5.41) is 8.83. The second-order valence-corrected chi connectivity index (χ2v) is 6.47. The number of aryl methyl sites for hydroxylation is 2. The molecule has 0 aliphatic heterocycles. The molecule has 0 atom stereocenters. The molecule has 0 fully saturated rings. The highest BCUT2D eigenvalue weighted by Crippen LogP contribution is 2.17. The van der Waals surface area contributed by atoms with Crippen molar-refractivity contribution in [3.63, 3.8) is 0 Å². The normalized spacial score (nSPS) is 10.3. The van der Waals surface area contributed by atoms with E-state index in [-0.39, 0.29) is 18.2 Å². The van der Waals surface area contributed by atoms with E-state index in [2.05, 4.69) is 21.0 Å². The molecule has 0 radical (unpaired) electrons. The number of hydrogen-bond acceptors (Lipinski definition) is 6. The van der Waals surface area contributed by atoms with Gasteiger partial charge in [0.05, 0.1) is 12.1 Å². The van der Waals surface area contributed by atoms with Crippen LogP contribution in [0.3, 0.4) is 0 Å². The molecule has 2 aromatic rings. The zero-order valence-electron chi connectivity index (χ0n) is 14.2. The minimum Gasteiger partial charge on any atom is -0.360 e. The third-order valence-corrected chi connectivity index (χ3v) is 4.39. The fourth-order valence-corrected chi connectivity index (χ4v) is 3.02.